The van der Waals surface area contributed by atoms with Gasteiger partial charge in [-0.2, -0.15) is 0 Å². The van der Waals surface area contributed by atoms with E-state index in [0.717, 1.165) is 4.47 Å². The van der Waals surface area contributed by atoms with E-state index in [2.05, 4.69) is 40.2 Å². The number of hydrogen-bond donors (Lipinski definition) is 0. The van der Waals surface area contributed by atoms with E-state index in [1.807, 2.05) is 0 Å². The molecule has 0 spiro atoms. The van der Waals surface area contributed by atoms with Crippen LogP contribution in [0.1, 0.15) is 17.9 Å². The maximum absolute atomic E-state index is 5.25. The van der Waals surface area contributed by atoms with Crippen LogP contribution in [0.3, 0.4) is 0 Å². The van der Waals surface area contributed by atoms with Crippen LogP contribution in [-0.4, -0.2) is 13.2 Å². The number of ether oxygens (including phenoxy) is 1. The number of methoxy groups -OCH3 is 1. The van der Waals surface area contributed by atoms with Crippen LogP contribution in [0, 0.1) is 0 Å². The molecule has 0 unspecified atom stereocenters. The zero-order valence-electron chi connectivity index (χ0n) is 6.96. The van der Waals surface area contributed by atoms with E-state index in [9.17, 15) is 0 Å². The standard InChI is InChI=1S/C10H11BrO/c1-12-10-6-9(10)7-2-4-8(11)5-3-7/h2-5,9-10H,6H2,1H3/t9-,10-/m0/s1. The SMILES string of the molecule is CO[C@H]1C[C@H]1c1ccc(Br)cc1. The zero-order valence-corrected chi connectivity index (χ0v) is 8.54. The Hall–Kier alpha value is -0.340. The van der Waals surface area contributed by atoms with E-state index in [0.29, 0.717) is 12.0 Å². The molecule has 1 fully saturated rings. The number of rotatable bonds is 2. The minimum absolute atomic E-state index is 0.464. The fraction of sp³-hybridized carbons (Fsp3) is 0.400. The Bertz CT molecular complexity index is 268. The van der Waals surface area contributed by atoms with Crippen LogP contribution in [0.4, 0.5) is 0 Å². The second kappa shape index (κ2) is 3.19. The average molecular weight is 227 g/mol. The minimum atomic E-state index is 0.464. The van der Waals surface area contributed by atoms with Crippen molar-refractivity contribution in [3.8, 4) is 0 Å². The second-order valence-electron chi connectivity index (χ2n) is 3.17. The van der Waals surface area contributed by atoms with Crippen molar-refractivity contribution < 1.29 is 4.74 Å². The molecule has 1 aromatic carbocycles. The summed E-state index contributed by atoms with van der Waals surface area (Å²) in [6.07, 6.45) is 1.64. The largest absolute Gasteiger partial charge is 0.381 e. The van der Waals surface area contributed by atoms with Gasteiger partial charge >= 0.3 is 0 Å². The number of hydrogen-bond acceptors (Lipinski definition) is 1. The molecule has 2 rings (SSSR count). The highest BCUT2D eigenvalue weighted by Gasteiger charge is 2.38. The monoisotopic (exact) mass is 226 g/mol. The molecule has 1 nitrogen and oxygen atoms in total. The molecule has 1 aromatic rings. The van der Waals surface area contributed by atoms with Gasteiger partial charge in [0.05, 0.1) is 6.10 Å². The molecule has 0 aliphatic heterocycles. The van der Waals surface area contributed by atoms with Crippen molar-refractivity contribution in [2.45, 2.75) is 18.4 Å². The maximum Gasteiger partial charge on any atom is 0.0647 e. The fourth-order valence-corrected chi connectivity index (χ4v) is 1.76. The average Bonchev–Trinajstić information content (AvgIpc) is 2.85. The first-order valence-electron chi connectivity index (χ1n) is 4.09. The summed E-state index contributed by atoms with van der Waals surface area (Å²) in [6.45, 7) is 0. The van der Waals surface area contributed by atoms with Crippen LogP contribution in [0.2, 0.25) is 0 Å². The van der Waals surface area contributed by atoms with E-state index in [4.69, 9.17) is 4.74 Å². The zero-order chi connectivity index (χ0) is 8.55. The van der Waals surface area contributed by atoms with Gasteiger partial charge in [0, 0.05) is 17.5 Å². The third kappa shape index (κ3) is 1.54. The molecule has 0 aromatic heterocycles. The molecule has 1 aliphatic rings. The van der Waals surface area contributed by atoms with Gasteiger partial charge in [0.1, 0.15) is 0 Å². The van der Waals surface area contributed by atoms with Gasteiger partial charge in [-0.15, -0.1) is 0 Å². The first-order chi connectivity index (χ1) is 5.81. The van der Waals surface area contributed by atoms with Crippen molar-refractivity contribution >= 4 is 15.9 Å². The summed E-state index contributed by atoms with van der Waals surface area (Å²) < 4.78 is 6.39. The van der Waals surface area contributed by atoms with Crippen molar-refractivity contribution in [3.05, 3.63) is 34.3 Å². The lowest BCUT2D eigenvalue weighted by atomic mass is 10.1. The summed E-state index contributed by atoms with van der Waals surface area (Å²) in [5.74, 6) is 0.642. The summed E-state index contributed by atoms with van der Waals surface area (Å²) in [5.41, 5.74) is 1.39. The fourth-order valence-electron chi connectivity index (χ4n) is 1.49. The Morgan fingerprint density at radius 1 is 1.33 bits per heavy atom. The minimum Gasteiger partial charge on any atom is -0.381 e. The molecule has 0 bridgehead atoms. The molecule has 1 aliphatic carbocycles. The van der Waals surface area contributed by atoms with Crippen molar-refractivity contribution in [3.63, 3.8) is 0 Å². The van der Waals surface area contributed by atoms with Crippen LogP contribution >= 0.6 is 15.9 Å². The summed E-state index contributed by atoms with van der Waals surface area (Å²) >= 11 is 3.42. The highest BCUT2D eigenvalue weighted by atomic mass is 79.9. The maximum atomic E-state index is 5.25. The number of halogens is 1. The van der Waals surface area contributed by atoms with Crippen LogP contribution in [0.5, 0.6) is 0 Å². The molecular formula is C10H11BrO. The molecule has 1 saturated carbocycles. The summed E-state index contributed by atoms with van der Waals surface area (Å²) in [4.78, 5) is 0. The molecule has 0 saturated heterocycles. The van der Waals surface area contributed by atoms with Gasteiger partial charge in [-0.25, -0.2) is 0 Å². The molecular weight excluding hydrogens is 216 g/mol. The number of benzene rings is 1. The first-order valence-corrected chi connectivity index (χ1v) is 4.89. The smallest absolute Gasteiger partial charge is 0.0647 e. The Morgan fingerprint density at radius 2 is 2.00 bits per heavy atom. The van der Waals surface area contributed by atoms with Gasteiger partial charge in [0.25, 0.3) is 0 Å². The topological polar surface area (TPSA) is 9.23 Å². The summed E-state index contributed by atoms with van der Waals surface area (Å²) in [6, 6.07) is 8.49. The lowest BCUT2D eigenvalue weighted by molar-refractivity contribution is 0.178. The van der Waals surface area contributed by atoms with E-state index in [1.54, 1.807) is 7.11 Å². The Kier molecular flexibility index (Phi) is 2.20. The van der Waals surface area contributed by atoms with Crippen LogP contribution in [-0.2, 0) is 4.74 Å². The third-order valence-electron chi connectivity index (χ3n) is 2.33. The molecule has 12 heavy (non-hydrogen) atoms. The van der Waals surface area contributed by atoms with Crippen LogP contribution in [0.25, 0.3) is 0 Å². The van der Waals surface area contributed by atoms with Crippen molar-refractivity contribution in [2.75, 3.05) is 7.11 Å². The molecule has 0 amide bonds. The Balaban J connectivity index is 2.10. The second-order valence-corrected chi connectivity index (χ2v) is 4.08. The molecule has 0 radical (unpaired) electrons. The van der Waals surface area contributed by atoms with Crippen molar-refractivity contribution in [1.29, 1.82) is 0 Å². The molecule has 2 atom stereocenters. The lowest BCUT2D eigenvalue weighted by Gasteiger charge is -1.98. The van der Waals surface area contributed by atoms with Crippen LogP contribution < -0.4 is 0 Å². The lowest BCUT2D eigenvalue weighted by Crippen LogP contribution is -1.89. The van der Waals surface area contributed by atoms with E-state index in [1.165, 1.54) is 12.0 Å². The predicted molar refractivity (Wildman–Crippen MR) is 52.3 cm³/mol. The molecule has 2 heteroatoms. The van der Waals surface area contributed by atoms with Gasteiger partial charge in [0.2, 0.25) is 0 Å². The highest BCUT2D eigenvalue weighted by Crippen LogP contribution is 2.42. The van der Waals surface area contributed by atoms with Crippen molar-refractivity contribution in [1.82, 2.24) is 0 Å². The Labute approximate surface area is 80.9 Å². The van der Waals surface area contributed by atoms with E-state index >= 15 is 0 Å². The summed E-state index contributed by atoms with van der Waals surface area (Å²) in [5, 5.41) is 0. The predicted octanol–water partition coefficient (Wildman–Crippen LogP) is 2.95. The first kappa shape index (κ1) is 8.27. The Morgan fingerprint density at radius 3 is 2.50 bits per heavy atom. The van der Waals surface area contributed by atoms with Gasteiger partial charge in [-0.05, 0) is 24.1 Å². The van der Waals surface area contributed by atoms with Crippen LogP contribution in [0.15, 0.2) is 28.7 Å². The highest BCUT2D eigenvalue weighted by molar-refractivity contribution is 9.10. The van der Waals surface area contributed by atoms with Gasteiger partial charge in [0.15, 0.2) is 0 Å². The van der Waals surface area contributed by atoms with Crippen molar-refractivity contribution in [2.24, 2.45) is 0 Å². The third-order valence-corrected chi connectivity index (χ3v) is 2.86. The van der Waals surface area contributed by atoms with E-state index in [-0.39, 0.29) is 0 Å². The molecule has 64 valence electrons. The summed E-state index contributed by atoms with van der Waals surface area (Å²) in [7, 11) is 1.78. The van der Waals surface area contributed by atoms with Gasteiger partial charge in [-0.1, -0.05) is 28.1 Å². The normalized spacial score (nSPS) is 27.2. The van der Waals surface area contributed by atoms with E-state index < -0.39 is 0 Å². The molecule has 0 heterocycles. The quantitative estimate of drug-likeness (QED) is 0.754. The molecule has 0 N–H and O–H groups in total. The van der Waals surface area contributed by atoms with Gasteiger partial charge in [-0.3, -0.25) is 0 Å². The van der Waals surface area contributed by atoms with Gasteiger partial charge < -0.3 is 4.74 Å².